The molecule has 5 heteroatoms. The topological polar surface area (TPSA) is 54.2 Å². The second kappa shape index (κ2) is 9.88. The third-order valence-electron chi connectivity index (χ3n) is 3.65. The smallest absolute Gasteiger partial charge is 0.228 e. The second-order valence-electron chi connectivity index (χ2n) is 5.14. The van der Waals surface area contributed by atoms with Crippen LogP contribution in [0.15, 0.2) is 4.52 Å². The fourth-order valence-electron chi connectivity index (χ4n) is 2.19. The van der Waals surface area contributed by atoms with Gasteiger partial charge in [-0.15, -0.1) is 0 Å². The summed E-state index contributed by atoms with van der Waals surface area (Å²) < 4.78 is 5.36. The van der Waals surface area contributed by atoms with E-state index in [2.05, 4.69) is 48.1 Å². The maximum absolute atomic E-state index is 5.36. The van der Waals surface area contributed by atoms with Crippen LogP contribution in [0.3, 0.4) is 0 Å². The van der Waals surface area contributed by atoms with Crippen LogP contribution in [-0.2, 0) is 12.8 Å². The first-order valence-electron chi connectivity index (χ1n) is 8.00. The van der Waals surface area contributed by atoms with Crippen molar-refractivity contribution in [2.45, 2.75) is 59.4 Å². The van der Waals surface area contributed by atoms with Gasteiger partial charge in [0.2, 0.25) is 5.89 Å². The lowest BCUT2D eigenvalue weighted by Crippen LogP contribution is -2.31. The Morgan fingerprint density at radius 1 is 1.20 bits per heavy atom. The lowest BCUT2D eigenvalue weighted by molar-refractivity contribution is 0.302. The highest BCUT2D eigenvalue weighted by atomic mass is 16.5. The Balaban J connectivity index is 2.41. The van der Waals surface area contributed by atoms with Crippen molar-refractivity contribution in [3.05, 3.63) is 11.7 Å². The molecule has 5 nitrogen and oxygen atoms in total. The average molecular weight is 282 g/mol. The van der Waals surface area contributed by atoms with Gasteiger partial charge in [0.1, 0.15) is 0 Å². The van der Waals surface area contributed by atoms with E-state index in [1.807, 2.05) is 0 Å². The van der Waals surface area contributed by atoms with Gasteiger partial charge in [0.25, 0.3) is 0 Å². The number of hydrogen-bond donors (Lipinski definition) is 1. The molecular weight excluding hydrogens is 252 g/mol. The number of likely N-dealkylation sites (N-methyl/N-ethyl adjacent to an activating group) is 1. The summed E-state index contributed by atoms with van der Waals surface area (Å²) in [5, 5.41) is 7.59. The zero-order valence-electron chi connectivity index (χ0n) is 13.5. The van der Waals surface area contributed by atoms with Crippen molar-refractivity contribution < 1.29 is 4.52 Å². The van der Waals surface area contributed by atoms with Gasteiger partial charge in [-0.1, -0.05) is 32.9 Å². The van der Waals surface area contributed by atoms with Crippen LogP contribution in [0.2, 0.25) is 0 Å². The van der Waals surface area contributed by atoms with Crippen molar-refractivity contribution in [2.75, 3.05) is 26.2 Å². The Morgan fingerprint density at radius 2 is 1.95 bits per heavy atom. The highest BCUT2D eigenvalue weighted by Crippen LogP contribution is 2.05. The summed E-state index contributed by atoms with van der Waals surface area (Å²) in [5.74, 6) is 1.59. The van der Waals surface area contributed by atoms with Gasteiger partial charge >= 0.3 is 0 Å². The van der Waals surface area contributed by atoms with E-state index in [1.54, 1.807) is 0 Å². The van der Waals surface area contributed by atoms with Crippen molar-refractivity contribution in [3.8, 4) is 0 Å². The van der Waals surface area contributed by atoms with Gasteiger partial charge < -0.3 is 14.7 Å². The maximum atomic E-state index is 5.36. The van der Waals surface area contributed by atoms with Crippen molar-refractivity contribution >= 4 is 0 Å². The van der Waals surface area contributed by atoms with Crippen LogP contribution in [-0.4, -0.2) is 47.3 Å². The summed E-state index contributed by atoms with van der Waals surface area (Å²) in [7, 11) is 0. The number of aromatic nitrogens is 2. The van der Waals surface area contributed by atoms with Crippen molar-refractivity contribution in [1.29, 1.82) is 0 Å². The van der Waals surface area contributed by atoms with Crippen molar-refractivity contribution in [3.63, 3.8) is 0 Å². The number of hydrogen-bond acceptors (Lipinski definition) is 5. The Kier molecular flexibility index (Phi) is 8.46. The minimum atomic E-state index is 0.436. The SMILES string of the molecule is CCCNC(CC)Cc1nc(CCN(CC)CC)no1. The highest BCUT2D eigenvalue weighted by Gasteiger charge is 2.13. The molecule has 1 aromatic heterocycles. The molecule has 0 aliphatic carbocycles. The predicted octanol–water partition coefficient (Wildman–Crippen LogP) is 2.27. The predicted molar refractivity (Wildman–Crippen MR) is 81.9 cm³/mol. The Hall–Kier alpha value is -0.940. The molecule has 0 aromatic carbocycles. The Morgan fingerprint density at radius 3 is 2.55 bits per heavy atom. The molecule has 0 aliphatic rings. The average Bonchev–Trinajstić information content (AvgIpc) is 2.92. The van der Waals surface area contributed by atoms with Crippen molar-refractivity contribution in [2.24, 2.45) is 0 Å². The molecule has 1 heterocycles. The molecular formula is C15H30N4O. The summed E-state index contributed by atoms with van der Waals surface area (Å²) in [5.41, 5.74) is 0. The number of nitrogens with zero attached hydrogens (tertiary/aromatic N) is 3. The molecule has 0 aliphatic heterocycles. The molecule has 116 valence electrons. The van der Waals surface area contributed by atoms with Gasteiger partial charge in [-0.3, -0.25) is 0 Å². The zero-order valence-corrected chi connectivity index (χ0v) is 13.5. The van der Waals surface area contributed by atoms with Gasteiger partial charge in [0.05, 0.1) is 0 Å². The molecule has 1 aromatic rings. The van der Waals surface area contributed by atoms with Crippen LogP contribution in [0.25, 0.3) is 0 Å². The molecule has 0 bridgehead atoms. The van der Waals surface area contributed by atoms with Crippen LogP contribution in [0.5, 0.6) is 0 Å². The summed E-state index contributed by atoms with van der Waals surface area (Å²) in [6.45, 7) is 12.9. The molecule has 1 N–H and O–H groups in total. The van der Waals surface area contributed by atoms with E-state index < -0.39 is 0 Å². The lowest BCUT2D eigenvalue weighted by Gasteiger charge is -2.16. The molecule has 0 spiro atoms. The second-order valence-corrected chi connectivity index (χ2v) is 5.14. The number of nitrogens with one attached hydrogen (secondary N) is 1. The van der Waals surface area contributed by atoms with Gasteiger partial charge in [-0.05, 0) is 32.5 Å². The molecule has 1 rings (SSSR count). The largest absolute Gasteiger partial charge is 0.339 e. The highest BCUT2D eigenvalue weighted by molar-refractivity contribution is 4.90. The summed E-state index contributed by atoms with van der Waals surface area (Å²) in [6, 6.07) is 0.436. The van der Waals surface area contributed by atoms with Gasteiger partial charge in [-0.25, -0.2) is 0 Å². The molecule has 1 atom stereocenters. The van der Waals surface area contributed by atoms with E-state index in [1.165, 1.54) is 0 Å². The molecule has 0 fully saturated rings. The minimum Gasteiger partial charge on any atom is -0.339 e. The van der Waals surface area contributed by atoms with Crippen LogP contribution in [0.4, 0.5) is 0 Å². The third kappa shape index (κ3) is 6.01. The van der Waals surface area contributed by atoms with Gasteiger partial charge in [-0.2, -0.15) is 4.98 Å². The molecule has 0 amide bonds. The quantitative estimate of drug-likeness (QED) is 0.675. The van der Waals surface area contributed by atoms with Crippen molar-refractivity contribution in [1.82, 2.24) is 20.4 Å². The third-order valence-corrected chi connectivity index (χ3v) is 3.65. The van der Waals surface area contributed by atoms with Crippen LogP contribution >= 0.6 is 0 Å². The van der Waals surface area contributed by atoms with Crippen LogP contribution in [0, 0.1) is 0 Å². The first-order valence-corrected chi connectivity index (χ1v) is 8.00. The zero-order chi connectivity index (χ0) is 14.8. The van der Waals surface area contributed by atoms with Gasteiger partial charge in [0, 0.05) is 25.4 Å². The Bertz CT molecular complexity index is 349. The first kappa shape index (κ1) is 17.1. The summed E-state index contributed by atoms with van der Waals surface area (Å²) in [6.07, 6.45) is 3.92. The molecule has 20 heavy (non-hydrogen) atoms. The van der Waals surface area contributed by atoms with E-state index in [0.717, 1.165) is 63.6 Å². The standard InChI is InChI=1S/C15H30N4O/c1-5-10-16-13(6-2)12-15-17-14(18-20-15)9-11-19(7-3)8-4/h13,16H,5-12H2,1-4H3. The van der Waals surface area contributed by atoms with E-state index >= 15 is 0 Å². The van der Waals surface area contributed by atoms with E-state index in [-0.39, 0.29) is 0 Å². The normalized spacial score (nSPS) is 13.1. The maximum Gasteiger partial charge on any atom is 0.228 e. The fourth-order valence-corrected chi connectivity index (χ4v) is 2.19. The molecule has 1 unspecified atom stereocenters. The molecule has 0 radical (unpaired) electrons. The van der Waals surface area contributed by atoms with Crippen LogP contribution < -0.4 is 5.32 Å². The molecule has 0 saturated carbocycles. The Labute approximate surface area is 123 Å². The summed E-state index contributed by atoms with van der Waals surface area (Å²) in [4.78, 5) is 6.87. The fraction of sp³-hybridized carbons (Fsp3) is 0.867. The lowest BCUT2D eigenvalue weighted by atomic mass is 10.1. The van der Waals surface area contributed by atoms with E-state index in [0.29, 0.717) is 6.04 Å². The monoisotopic (exact) mass is 282 g/mol. The van der Waals surface area contributed by atoms with E-state index in [9.17, 15) is 0 Å². The van der Waals surface area contributed by atoms with Crippen LogP contribution in [0.1, 0.15) is 52.3 Å². The minimum absolute atomic E-state index is 0.436. The molecule has 0 saturated heterocycles. The van der Waals surface area contributed by atoms with Gasteiger partial charge in [0.15, 0.2) is 5.82 Å². The summed E-state index contributed by atoms with van der Waals surface area (Å²) >= 11 is 0. The first-order chi connectivity index (χ1) is 9.73. The van der Waals surface area contributed by atoms with E-state index in [4.69, 9.17) is 4.52 Å². The number of rotatable bonds is 11.